The van der Waals surface area contributed by atoms with Crippen molar-refractivity contribution in [3.05, 3.63) is 59.7 Å². The van der Waals surface area contributed by atoms with E-state index in [4.69, 9.17) is 9.47 Å². The molecule has 0 spiro atoms. The van der Waals surface area contributed by atoms with Crippen LogP contribution in [0.1, 0.15) is 30.1 Å². The maximum Gasteiger partial charge on any atom is 0.130 e. The minimum Gasteiger partial charge on any atom is -0.497 e. The predicted octanol–water partition coefficient (Wildman–Crippen LogP) is 3.93. The fourth-order valence-electron chi connectivity index (χ4n) is 2.52. The minimum atomic E-state index is 0.105. The number of methoxy groups -OCH3 is 1. The minimum absolute atomic E-state index is 0.105. The van der Waals surface area contributed by atoms with Crippen LogP contribution >= 0.6 is 0 Å². The molecule has 0 bridgehead atoms. The van der Waals surface area contributed by atoms with E-state index in [0.717, 1.165) is 11.5 Å². The molecule has 2 nitrogen and oxygen atoms in total. The lowest BCUT2D eigenvalue weighted by atomic mass is 9.93. The van der Waals surface area contributed by atoms with E-state index in [9.17, 15) is 0 Å². The summed E-state index contributed by atoms with van der Waals surface area (Å²) in [5.41, 5.74) is 2.48. The second-order valence-corrected chi connectivity index (χ2v) is 4.64. The van der Waals surface area contributed by atoms with E-state index in [1.807, 2.05) is 24.3 Å². The van der Waals surface area contributed by atoms with Crippen molar-refractivity contribution in [1.29, 1.82) is 0 Å². The van der Waals surface area contributed by atoms with Gasteiger partial charge in [-0.05, 0) is 23.8 Å². The predicted molar refractivity (Wildman–Crippen MR) is 71.2 cm³/mol. The summed E-state index contributed by atoms with van der Waals surface area (Å²) in [6, 6.07) is 16.4. The molecule has 0 aromatic heterocycles. The van der Waals surface area contributed by atoms with Gasteiger partial charge in [-0.2, -0.15) is 0 Å². The number of ether oxygens (including phenoxy) is 2. The van der Waals surface area contributed by atoms with Gasteiger partial charge in [-0.25, -0.2) is 0 Å². The van der Waals surface area contributed by atoms with E-state index in [0.29, 0.717) is 5.92 Å². The quantitative estimate of drug-likeness (QED) is 0.791. The third-order valence-electron chi connectivity index (χ3n) is 3.56. The van der Waals surface area contributed by atoms with E-state index in [1.165, 1.54) is 11.1 Å². The highest BCUT2D eigenvalue weighted by molar-refractivity contribution is 5.43. The lowest BCUT2D eigenvalue weighted by molar-refractivity contribution is 0.216. The molecule has 0 unspecified atom stereocenters. The van der Waals surface area contributed by atoms with Crippen LogP contribution < -0.4 is 9.47 Å². The van der Waals surface area contributed by atoms with Crippen molar-refractivity contribution in [2.45, 2.75) is 18.9 Å². The fourth-order valence-corrected chi connectivity index (χ4v) is 2.52. The third kappa shape index (κ3) is 1.74. The van der Waals surface area contributed by atoms with E-state index < -0.39 is 0 Å². The zero-order valence-corrected chi connectivity index (χ0v) is 10.6. The van der Waals surface area contributed by atoms with Crippen molar-refractivity contribution in [3.8, 4) is 11.5 Å². The van der Waals surface area contributed by atoms with E-state index in [2.05, 4.69) is 31.2 Å². The lowest BCUT2D eigenvalue weighted by Crippen LogP contribution is -2.06. The Balaban J connectivity index is 1.91. The van der Waals surface area contributed by atoms with Gasteiger partial charge in [0.15, 0.2) is 0 Å². The number of hydrogen-bond donors (Lipinski definition) is 0. The van der Waals surface area contributed by atoms with Crippen molar-refractivity contribution in [3.63, 3.8) is 0 Å². The molecule has 0 aliphatic carbocycles. The third-order valence-corrected chi connectivity index (χ3v) is 3.56. The number of para-hydroxylation sites is 1. The molecule has 18 heavy (non-hydrogen) atoms. The Morgan fingerprint density at radius 2 is 1.72 bits per heavy atom. The first-order valence-corrected chi connectivity index (χ1v) is 6.19. The van der Waals surface area contributed by atoms with Crippen molar-refractivity contribution in [2.75, 3.05) is 7.11 Å². The Hall–Kier alpha value is -1.96. The van der Waals surface area contributed by atoms with Gasteiger partial charge in [0.1, 0.15) is 17.6 Å². The zero-order valence-electron chi connectivity index (χ0n) is 10.6. The Morgan fingerprint density at radius 1 is 1.00 bits per heavy atom. The second kappa shape index (κ2) is 4.37. The van der Waals surface area contributed by atoms with Crippen LogP contribution in [0, 0.1) is 0 Å². The molecule has 2 aromatic carbocycles. The van der Waals surface area contributed by atoms with Crippen molar-refractivity contribution in [2.24, 2.45) is 0 Å². The molecule has 0 saturated carbocycles. The number of benzene rings is 2. The summed E-state index contributed by atoms with van der Waals surface area (Å²) in [6.07, 6.45) is 0.105. The van der Waals surface area contributed by atoms with Crippen LogP contribution in [0.5, 0.6) is 11.5 Å². The highest BCUT2D eigenvalue weighted by Crippen LogP contribution is 2.45. The van der Waals surface area contributed by atoms with Gasteiger partial charge in [-0.1, -0.05) is 37.3 Å². The van der Waals surface area contributed by atoms with Crippen molar-refractivity contribution >= 4 is 0 Å². The van der Waals surface area contributed by atoms with Gasteiger partial charge in [0.2, 0.25) is 0 Å². The Morgan fingerprint density at radius 3 is 2.39 bits per heavy atom. The summed E-state index contributed by atoms with van der Waals surface area (Å²) in [7, 11) is 1.68. The average Bonchev–Trinajstić information content (AvgIpc) is 2.77. The largest absolute Gasteiger partial charge is 0.497 e. The molecule has 1 heterocycles. The molecule has 1 aliphatic heterocycles. The summed E-state index contributed by atoms with van der Waals surface area (Å²) in [5, 5.41) is 0. The molecule has 0 amide bonds. The van der Waals surface area contributed by atoms with E-state index in [1.54, 1.807) is 7.11 Å². The molecule has 0 N–H and O–H groups in total. The van der Waals surface area contributed by atoms with Crippen LogP contribution in [0.15, 0.2) is 48.5 Å². The summed E-state index contributed by atoms with van der Waals surface area (Å²) in [4.78, 5) is 0. The highest BCUT2D eigenvalue weighted by atomic mass is 16.5. The first-order chi connectivity index (χ1) is 8.79. The molecule has 0 fully saturated rings. The Labute approximate surface area is 107 Å². The maximum absolute atomic E-state index is 6.04. The van der Waals surface area contributed by atoms with Crippen LogP contribution in [0.25, 0.3) is 0 Å². The molecule has 0 saturated heterocycles. The Kier molecular flexibility index (Phi) is 2.71. The normalized spacial score (nSPS) is 21.2. The Bertz CT molecular complexity index is 545. The van der Waals surface area contributed by atoms with Crippen LogP contribution in [0.2, 0.25) is 0 Å². The molecule has 2 atom stereocenters. The smallest absolute Gasteiger partial charge is 0.130 e. The summed E-state index contributed by atoms with van der Waals surface area (Å²) >= 11 is 0. The molecule has 92 valence electrons. The van der Waals surface area contributed by atoms with Crippen LogP contribution in [-0.2, 0) is 0 Å². The summed E-state index contributed by atoms with van der Waals surface area (Å²) in [5.74, 6) is 2.27. The van der Waals surface area contributed by atoms with Gasteiger partial charge >= 0.3 is 0 Å². The first-order valence-electron chi connectivity index (χ1n) is 6.19. The standard InChI is InChI=1S/C16H16O2/c1-11-14-5-3-4-6-15(14)18-16(11)12-7-9-13(17-2)10-8-12/h3-11,16H,1-2H3/t11-,16-/m0/s1. The van der Waals surface area contributed by atoms with Gasteiger partial charge < -0.3 is 9.47 Å². The van der Waals surface area contributed by atoms with Gasteiger partial charge in [-0.15, -0.1) is 0 Å². The molecular formula is C16H16O2. The van der Waals surface area contributed by atoms with Gasteiger partial charge in [0.05, 0.1) is 7.11 Å². The maximum atomic E-state index is 6.04. The zero-order chi connectivity index (χ0) is 12.5. The molecule has 2 heteroatoms. The highest BCUT2D eigenvalue weighted by Gasteiger charge is 2.31. The van der Waals surface area contributed by atoms with E-state index in [-0.39, 0.29) is 6.10 Å². The number of hydrogen-bond acceptors (Lipinski definition) is 2. The van der Waals surface area contributed by atoms with Crippen LogP contribution in [-0.4, -0.2) is 7.11 Å². The monoisotopic (exact) mass is 240 g/mol. The lowest BCUT2D eigenvalue weighted by Gasteiger charge is -2.16. The van der Waals surface area contributed by atoms with Gasteiger partial charge in [0, 0.05) is 11.5 Å². The molecular weight excluding hydrogens is 224 g/mol. The number of rotatable bonds is 2. The van der Waals surface area contributed by atoms with Crippen molar-refractivity contribution in [1.82, 2.24) is 0 Å². The SMILES string of the molecule is COc1ccc([C@H]2Oc3ccccc3[C@@H]2C)cc1. The van der Waals surface area contributed by atoms with E-state index >= 15 is 0 Å². The first kappa shape index (κ1) is 11.1. The van der Waals surface area contributed by atoms with Gasteiger partial charge in [0.25, 0.3) is 0 Å². The number of fused-ring (bicyclic) bond motifs is 1. The van der Waals surface area contributed by atoms with Crippen LogP contribution in [0.3, 0.4) is 0 Å². The van der Waals surface area contributed by atoms with Gasteiger partial charge in [-0.3, -0.25) is 0 Å². The summed E-state index contributed by atoms with van der Waals surface area (Å²) < 4.78 is 11.2. The molecule has 2 aromatic rings. The topological polar surface area (TPSA) is 18.5 Å². The van der Waals surface area contributed by atoms with Crippen LogP contribution in [0.4, 0.5) is 0 Å². The average molecular weight is 240 g/mol. The molecule has 0 radical (unpaired) electrons. The summed E-state index contributed by atoms with van der Waals surface area (Å²) in [6.45, 7) is 2.21. The fraction of sp³-hybridized carbons (Fsp3) is 0.250. The van der Waals surface area contributed by atoms with Crippen molar-refractivity contribution < 1.29 is 9.47 Å². The molecule has 1 aliphatic rings. The molecule has 3 rings (SSSR count). The second-order valence-electron chi connectivity index (χ2n) is 4.64.